The normalized spacial score (nSPS) is 17.5. The first kappa shape index (κ1) is 18.1. The molecule has 5 rings (SSSR count). The third kappa shape index (κ3) is 3.97. The van der Waals surface area contributed by atoms with E-state index in [4.69, 9.17) is 15.2 Å². The molecule has 150 valence electrons. The molecule has 2 N–H and O–H groups in total. The fourth-order valence-corrected chi connectivity index (χ4v) is 3.97. The van der Waals surface area contributed by atoms with Gasteiger partial charge in [-0.15, -0.1) is 0 Å². The molecule has 1 fully saturated rings. The summed E-state index contributed by atoms with van der Waals surface area (Å²) in [6.45, 7) is 6.89. The van der Waals surface area contributed by atoms with Gasteiger partial charge in [0.1, 0.15) is 24.9 Å². The summed E-state index contributed by atoms with van der Waals surface area (Å²) >= 11 is 0. The predicted octanol–water partition coefficient (Wildman–Crippen LogP) is 2.30. The number of benzene rings is 2. The minimum atomic E-state index is 0.558. The van der Waals surface area contributed by atoms with Gasteiger partial charge < -0.3 is 15.2 Å². The number of aromatic nitrogens is 2. The SMILES string of the molecule is Nc1nc(CN2CCN(Cc3ccc4c(c3)OCCO4)CC2)nc2ccccc12. The summed E-state index contributed by atoms with van der Waals surface area (Å²) in [6.07, 6.45) is 0. The van der Waals surface area contributed by atoms with Crippen molar-refractivity contribution < 1.29 is 9.47 Å². The monoisotopic (exact) mass is 391 g/mol. The molecule has 2 aromatic carbocycles. The number of piperazine rings is 1. The van der Waals surface area contributed by atoms with E-state index in [1.165, 1.54) is 5.56 Å². The molecule has 3 heterocycles. The standard InChI is InChI=1S/C22H25N5O2/c23-22-17-3-1-2-4-18(17)24-21(25-22)15-27-9-7-26(8-10-27)14-16-5-6-19-20(13-16)29-12-11-28-19/h1-6,13H,7-12,14-15H2,(H2,23,24,25). The first-order valence-corrected chi connectivity index (χ1v) is 10.1. The molecule has 0 atom stereocenters. The molecule has 2 aliphatic heterocycles. The molecule has 29 heavy (non-hydrogen) atoms. The molecule has 0 unspecified atom stereocenters. The van der Waals surface area contributed by atoms with Gasteiger partial charge >= 0.3 is 0 Å². The van der Waals surface area contributed by atoms with Gasteiger partial charge in [-0.1, -0.05) is 18.2 Å². The summed E-state index contributed by atoms with van der Waals surface area (Å²) in [6, 6.07) is 14.1. The van der Waals surface area contributed by atoms with Crippen LogP contribution in [0, 0.1) is 0 Å². The number of nitrogens with two attached hydrogens (primary N) is 1. The maximum Gasteiger partial charge on any atom is 0.161 e. The minimum absolute atomic E-state index is 0.558. The van der Waals surface area contributed by atoms with Crippen molar-refractivity contribution in [1.29, 1.82) is 0 Å². The zero-order valence-electron chi connectivity index (χ0n) is 16.4. The zero-order valence-corrected chi connectivity index (χ0v) is 16.4. The van der Waals surface area contributed by atoms with Crippen LogP contribution in [0.25, 0.3) is 10.9 Å². The number of rotatable bonds is 4. The summed E-state index contributed by atoms with van der Waals surface area (Å²) in [5, 5.41) is 0.917. The summed E-state index contributed by atoms with van der Waals surface area (Å²) in [7, 11) is 0. The number of nitrogens with zero attached hydrogens (tertiary/aromatic N) is 4. The largest absolute Gasteiger partial charge is 0.486 e. The van der Waals surface area contributed by atoms with E-state index in [1.807, 2.05) is 30.3 Å². The van der Waals surface area contributed by atoms with Gasteiger partial charge in [-0.3, -0.25) is 9.80 Å². The summed E-state index contributed by atoms with van der Waals surface area (Å²) in [5.41, 5.74) is 8.29. The van der Waals surface area contributed by atoms with Crippen LogP contribution in [0.4, 0.5) is 5.82 Å². The van der Waals surface area contributed by atoms with Crippen LogP contribution in [0.15, 0.2) is 42.5 Å². The van der Waals surface area contributed by atoms with Gasteiger partial charge in [0.05, 0.1) is 12.1 Å². The highest BCUT2D eigenvalue weighted by atomic mass is 16.6. The number of para-hydroxylation sites is 1. The number of hydrogen-bond donors (Lipinski definition) is 1. The second-order valence-electron chi connectivity index (χ2n) is 7.57. The Morgan fingerprint density at radius 1 is 0.828 bits per heavy atom. The highest BCUT2D eigenvalue weighted by Gasteiger charge is 2.19. The van der Waals surface area contributed by atoms with E-state index >= 15 is 0 Å². The van der Waals surface area contributed by atoms with E-state index in [9.17, 15) is 0 Å². The van der Waals surface area contributed by atoms with Crippen molar-refractivity contribution in [3.8, 4) is 11.5 Å². The van der Waals surface area contributed by atoms with Crippen molar-refractivity contribution in [2.75, 3.05) is 45.1 Å². The Bertz CT molecular complexity index is 1020. The summed E-state index contributed by atoms with van der Waals surface area (Å²) in [5.74, 6) is 3.06. The molecule has 0 saturated carbocycles. The highest BCUT2D eigenvalue weighted by molar-refractivity contribution is 5.87. The number of nitrogen functional groups attached to an aromatic ring is 1. The smallest absolute Gasteiger partial charge is 0.161 e. The van der Waals surface area contributed by atoms with Crippen molar-refractivity contribution in [1.82, 2.24) is 19.8 Å². The topological polar surface area (TPSA) is 76.7 Å². The van der Waals surface area contributed by atoms with Crippen LogP contribution < -0.4 is 15.2 Å². The number of ether oxygens (including phenoxy) is 2. The third-order valence-corrected chi connectivity index (χ3v) is 5.52. The van der Waals surface area contributed by atoms with Crippen LogP contribution in [0.5, 0.6) is 11.5 Å². The molecule has 0 amide bonds. The Morgan fingerprint density at radius 3 is 2.38 bits per heavy atom. The van der Waals surface area contributed by atoms with Crippen molar-refractivity contribution in [2.45, 2.75) is 13.1 Å². The lowest BCUT2D eigenvalue weighted by Crippen LogP contribution is -2.45. The minimum Gasteiger partial charge on any atom is -0.486 e. The molecule has 7 nitrogen and oxygen atoms in total. The van der Waals surface area contributed by atoms with E-state index in [1.54, 1.807) is 0 Å². The Balaban J connectivity index is 1.19. The average molecular weight is 391 g/mol. The zero-order chi connectivity index (χ0) is 19.6. The summed E-state index contributed by atoms with van der Waals surface area (Å²) < 4.78 is 11.3. The predicted molar refractivity (Wildman–Crippen MR) is 112 cm³/mol. The molecule has 1 aromatic heterocycles. The Kier molecular flexibility index (Phi) is 4.91. The lowest BCUT2D eigenvalue weighted by atomic mass is 10.1. The lowest BCUT2D eigenvalue weighted by molar-refractivity contribution is 0.119. The van der Waals surface area contributed by atoms with Crippen LogP contribution in [0.1, 0.15) is 11.4 Å². The maximum absolute atomic E-state index is 6.12. The number of hydrogen-bond acceptors (Lipinski definition) is 7. The first-order chi connectivity index (χ1) is 14.2. The quantitative estimate of drug-likeness (QED) is 0.731. The first-order valence-electron chi connectivity index (χ1n) is 10.1. The molecule has 3 aromatic rings. The molecule has 0 aliphatic carbocycles. The number of anilines is 1. The van der Waals surface area contributed by atoms with Crippen LogP contribution in [0.3, 0.4) is 0 Å². The highest BCUT2D eigenvalue weighted by Crippen LogP contribution is 2.31. The van der Waals surface area contributed by atoms with Crippen molar-refractivity contribution in [2.24, 2.45) is 0 Å². The molecule has 2 aliphatic rings. The van der Waals surface area contributed by atoms with Gasteiger partial charge in [0, 0.05) is 38.1 Å². The molecule has 7 heteroatoms. The molecule has 1 saturated heterocycles. The summed E-state index contributed by atoms with van der Waals surface area (Å²) in [4.78, 5) is 14.1. The van der Waals surface area contributed by atoms with Crippen molar-refractivity contribution in [3.05, 3.63) is 53.9 Å². The molecular weight excluding hydrogens is 366 g/mol. The second-order valence-corrected chi connectivity index (χ2v) is 7.57. The van der Waals surface area contributed by atoms with E-state index < -0.39 is 0 Å². The van der Waals surface area contributed by atoms with E-state index in [0.717, 1.165) is 67.5 Å². The van der Waals surface area contributed by atoms with Gasteiger partial charge in [0.25, 0.3) is 0 Å². The van der Waals surface area contributed by atoms with Gasteiger partial charge in [-0.2, -0.15) is 0 Å². The fraction of sp³-hybridized carbons (Fsp3) is 0.364. The Morgan fingerprint density at radius 2 is 1.55 bits per heavy atom. The van der Waals surface area contributed by atoms with E-state index in [2.05, 4.69) is 31.9 Å². The van der Waals surface area contributed by atoms with E-state index in [0.29, 0.717) is 19.0 Å². The maximum atomic E-state index is 6.12. The molecule has 0 spiro atoms. The fourth-order valence-electron chi connectivity index (χ4n) is 3.97. The van der Waals surface area contributed by atoms with Gasteiger partial charge in [0.15, 0.2) is 11.5 Å². The van der Waals surface area contributed by atoms with Gasteiger partial charge in [-0.25, -0.2) is 9.97 Å². The van der Waals surface area contributed by atoms with Crippen LogP contribution >= 0.6 is 0 Å². The number of fused-ring (bicyclic) bond motifs is 2. The van der Waals surface area contributed by atoms with Crippen molar-refractivity contribution in [3.63, 3.8) is 0 Å². The molecule has 0 bridgehead atoms. The van der Waals surface area contributed by atoms with Crippen LogP contribution in [-0.4, -0.2) is 59.2 Å². The van der Waals surface area contributed by atoms with Crippen LogP contribution in [-0.2, 0) is 13.1 Å². The average Bonchev–Trinajstić information content (AvgIpc) is 2.75. The second kappa shape index (κ2) is 7.85. The van der Waals surface area contributed by atoms with E-state index in [-0.39, 0.29) is 0 Å². The van der Waals surface area contributed by atoms with Crippen LogP contribution in [0.2, 0.25) is 0 Å². The van der Waals surface area contributed by atoms with Crippen molar-refractivity contribution >= 4 is 16.7 Å². The van der Waals surface area contributed by atoms with Gasteiger partial charge in [0.2, 0.25) is 0 Å². The van der Waals surface area contributed by atoms with Gasteiger partial charge in [-0.05, 0) is 29.8 Å². The molecule has 0 radical (unpaired) electrons. The third-order valence-electron chi connectivity index (χ3n) is 5.52. The Hall–Kier alpha value is -2.90. The lowest BCUT2D eigenvalue weighted by Gasteiger charge is -2.34. The molecular formula is C22H25N5O2. The Labute approximate surface area is 170 Å².